The fourth-order valence-electron chi connectivity index (χ4n) is 4.76. The first-order valence-electron chi connectivity index (χ1n) is 10.1. The molecule has 3 saturated heterocycles. The minimum Gasteiger partial charge on any atom is -0.445 e. The Labute approximate surface area is 163 Å². The normalized spacial score (nSPS) is 24.0. The van der Waals surface area contributed by atoms with Gasteiger partial charge in [-0.1, -0.05) is 0 Å². The Kier molecular flexibility index (Phi) is 4.19. The third-order valence-corrected chi connectivity index (χ3v) is 6.37. The van der Waals surface area contributed by atoms with Crippen LogP contribution >= 0.6 is 0 Å². The molecule has 3 aliphatic rings. The standard InChI is InChI=1S/C21H25N5O2/c1-3-26-17-12-15(20-22-8-11-28-20)4-5-16(17)19(23-26)21(27)24(2)18-13-25-9-6-14(18)7-10-25/h4-5,8,11-12,14,18H,3,6-7,9-10,13H2,1-2H3/t18-/m1/s1. The van der Waals surface area contributed by atoms with E-state index in [4.69, 9.17) is 4.42 Å². The molecule has 0 spiro atoms. The van der Waals surface area contributed by atoms with Gasteiger partial charge in [-0.2, -0.15) is 5.10 Å². The molecule has 2 aromatic heterocycles. The monoisotopic (exact) mass is 379 g/mol. The molecule has 3 fully saturated rings. The van der Waals surface area contributed by atoms with Crippen LogP contribution in [0.1, 0.15) is 30.3 Å². The quantitative estimate of drug-likeness (QED) is 0.697. The number of aromatic nitrogens is 3. The lowest BCUT2D eigenvalue weighted by molar-refractivity contribution is 0.0160. The molecule has 7 nitrogen and oxygen atoms in total. The van der Waals surface area contributed by atoms with E-state index in [0.29, 0.717) is 24.0 Å². The van der Waals surface area contributed by atoms with Gasteiger partial charge in [0.1, 0.15) is 6.26 Å². The predicted octanol–water partition coefficient (Wildman–Crippen LogP) is 2.88. The van der Waals surface area contributed by atoms with Crippen molar-refractivity contribution in [1.29, 1.82) is 0 Å². The fourth-order valence-corrected chi connectivity index (χ4v) is 4.76. The number of piperidine rings is 3. The zero-order chi connectivity index (χ0) is 19.3. The number of oxazole rings is 1. The molecule has 146 valence electrons. The number of aryl methyl sites for hydroxylation is 1. The highest BCUT2D eigenvalue weighted by Crippen LogP contribution is 2.32. The van der Waals surface area contributed by atoms with Gasteiger partial charge in [0, 0.05) is 37.1 Å². The van der Waals surface area contributed by atoms with Crippen molar-refractivity contribution in [3.8, 4) is 11.5 Å². The highest BCUT2D eigenvalue weighted by atomic mass is 16.3. The Morgan fingerprint density at radius 1 is 1.32 bits per heavy atom. The minimum atomic E-state index is 0.0137. The molecule has 1 aromatic carbocycles. The van der Waals surface area contributed by atoms with Crippen molar-refractivity contribution in [1.82, 2.24) is 24.6 Å². The molecule has 0 N–H and O–H groups in total. The van der Waals surface area contributed by atoms with Crippen molar-refractivity contribution < 1.29 is 9.21 Å². The van der Waals surface area contributed by atoms with Crippen LogP contribution in [0.5, 0.6) is 0 Å². The molecule has 7 heteroatoms. The first-order valence-corrected chi connectivity index (χ1v) is 10.1. The summed E-state index contributed by atoms with van der Waals surface area (Å²) in [5.74, 6) is 1.19. The summed E-state index contributed by atoms with van der Waals surface area (Å²) in [4.78, 5) is 22.0. The van der Waals surface area contributed by atoms with Crippen LogP contribution in [0.15, 0.2) is 35.1 Å². The highest BCUT2D eigenvalue weighted by Gasteiger charge is 2.38. The van der Waals surface area contributed by atoms with Crippen molar-refractivity contribution in [2.24, 2.45) is 5.92 Å². The van der Waals surface area contributed by atoms with E-state index >= 15 is 0 Å². The third kappa shape index (κ3) is 2.73. The maximum Gasteiger partial charge on any atom is 0.275 e. The summed E-state index contributed by atoms with van der Waals surface area (Å²) in [5, 5.41) is 5.55. The van der Waals surface area contributed by atoms with Gasteiger partial charge in [0.15, 0.2) is 5.69 Å². The number of fused-ring (bicyclic) bond motifs is 4. The van der Waals surface area contributed by atoms with Crippen LogP contribution in [0.3, 0.4) is 0 Å². The van der Waals surface area contributed by atoms with Gasteiger partial charge in [-0.15, -0.1) is 0 Å². The zero-order valence-electron chi connectivity index (χ0n) is 16.3. The lowest BCUT2D eigenvalue weighted by atomic mass is 9.83. The largest absolute Gasteiger partial charge is 0.445 e. The number of hydrogen-bond acceptors (Lipinski definition) is 5. The smallest absolute Gasteiger partial charge is 0.275 e. The molecular weight excluding hydrogens is 354 g/mol. The van der Waals surface area contributed by atoms with E-state index in [1.54, 1.807) is 12.5 Å². The highest BCUT2D eigenvalue weighted by molar-refractivity contribution is 6.05. The summed E-state index contributed by atoms with van der Waals surface area (Å²) in [7, 11) is 1.94. The van der Waals surface area contributed by atoms with Gasteiger partial charge >= 0.3 is 0 Å². The van der Waals surface area contributed by atoms with Crippen molar-refractivity contribution in [2.75, 3.05) is 26.7 Å². The topological polar surface area (TPSA) is 67.4 Å². The van der Waals surface area contributed by atoms with E-state index in [1.165, 1.54) is 25.9 Å². The molecule has 5 heterocycles. The second-order valence-electron chi connectivity index (χ2n) is 7.85. The van der Waals surface area contributed by atoms with E-state index in [-0.39, 0.29) is 11.9 Å². The van der Waals surface area contributed by atoms with Crippen molar-refractivity contribution in [3.63, 3.8) is 0 Å². The molecule has 3 aliphatic heterocycles. The Morgan fingerprint density at radius 3 is 2.79 bits per heavy atom. The Balaban J connectivity index is 1.50. The van der Waals surface area contributed by atoms with E-state index in [1.807, 2.05) is 41.8 Å². The van der Waals surface area contributed by atoms with Gasteiger partial charge in [-0.3, -0.25) is 9.48 Å². The molecule has 3 aromatic rings. The van der Waals surface area contributed by atoms with Crippen LogP contribution in [0.25, 0.3) is 22.4 Å². The molecule has 0 saturated carbocycles. The summed E-state index contributed by atoms with van der Waals surface area (Å²) >= 11 is 0. The summed E-state index contributed by atoms with van der Waals surface area (Å²) in [6.07, 6.45) is 5.57. The predicted molar refractivity (Wildman–Crippen MR) is 106 cm³/mol. The van der Waals surface area contributed by atoms with Crippen LogP contribution in [-0.4, -0.2) is 63.2 Å². The van der Waals surface area contributed by atoms with E-state index in [0.717, 1.165) is 23.0 Å². The van der Waals surface area contributed by atoms with Crippen LogP contribution in [0.4, 0.5) is 0 Å². The SMILES string of the molecule is CCn1nc(C(=O)N(C)[C@@H]2CN3CCC2CC3)c2ccc(-c3ncco3)cc21. The molecule has 28 heavy (non-hydrogen) atoms. The van der Waals surface area contributed by atoms with Crippen LogP contribution in [-0.2, 0) is 6.54 Å². The summed E-state index contributed by atoms with van der Waals surface area (Å²) in [6, 6.07) is 6.19. The Hall–Kier alpha value is -2.67. The van der Waals surface area contributed by atoms with E-state index in [2.05, 4.69) is 15.0 Å². The molecular formula is C21H25N5O2. The number of carbonyl (C=O) groups excluding carboxylic acids is 1. The number of nitrogens with zero attached hydrogens (tertiary/aromatic N) is 5. The lowest BCUT2D eigenvalue weighted by Gasteiger charge is -2.47. The maximum absolute atomic E-state index is 13.4. The molecule has 0 unspecified atom stereocenters. The minimum absolute atomic E-state index is 0.0137. The number of likely N-dealkylation sites (N-methyl/N-ethyl adjacent to an activating group) is 1. The molecule has 2 bridgehead atoms. The number of rotatable bonds is 4. The molecule has 6 rings (SSSR count). The van der Waals surface area contributed by atoms with Gasteiger partial charge in [-0.25, -0.2) is 4.98 Å². The van der Waals surface area contributed by atoms with E-state index < -0.39 is 0 Å². The van der Waals surface area contributed by atoms with Crippen molar-refractivity contribution >= 4 is 16.8 Å². The summed E-state index contributed by atoms with van der Waals surface area (Å²) in [6.45, 7) is 6.05. The molecule has 1 atom stereocenters. The Morgan fingerprint density at radius 2 is 2.14 bits per heavy atom. The van der Waals surface area contributed by atoms with Crippen molar-refractivity contribution in [3.05, 3.63) is 36.4 Å². The number of benzene rings is 1. The van der Waals surface area contributed by atoms with Crippen LogP contribution in [0.2, 0.25) is 0 Å². The van der Waals surface area contributed by atoms with Gasteiger partial charge in [0.2, 0.25) is 5.89 Å². The summed E-state index contributed by atoms with van der Waals surface area (Å²) in [5.41, 5.74) is 2.36. The summed E-state index contributed by atoms with van der Waals surface area (Å²) < 4.78 is 7.31. The van der Waals surface area contributed by atoms with Gasteiger partial charge in [-0.05, 0) is 57.0 Å². The molecule has 0 aliphatic carbocycles. The lowest BCUT2D eigenvalue weighted by Crippen LogP contribution is -2.57. The second-order valence-corrected chi connectivity index (χ2v) is 7.85. The average Bonchev–Trinajstić information content (AvgIpc) is 3.41. The number of carbonyl (C=O) groups is 1. The average molecular weight is 379 g/mol. The van der Waals surface area contributed by atoms with Crippen molar-refractivity contribution in [2.45, 2.75) is 32.4 Å². The van der Waals surface area contributed by atoms with E-state index in [9.17, 15) is 4.79 Å². The fraction of sp³-hybridized carbons (Fsp3) is 0.476. The van der Waals surface area contributed by atoms with Gasteiger partial charge < -0.3 is 14.2 Å². The first-order chi connectivity index (χ1) is 13.7. The third-order valence-electron chi connectivity index (χ3n) is 6.37. The Bertz CT molecular complexity index is 1000. The maximum atomic E-state index is 13.4. The molecule has 0 radical (unpaired) electrons. The second kappa shape index (κ2) is 6.74. The van der Waals surface area contributed by atoms with Crippen LogP contribution in [0, 0.1) is 5.92 Å². The zero-order valence-corrected chi connectivity index (χ0v) is 16.3. The van der Waals surface area contributed by atoms with Crippen LogP contribution < -0.4 is 0 Å². The van der Waals surface area contributed by atoms with Gasteiger partial charge in [0.25, 0.3) is 5.91 Å². The van der Waals surface area contributed by atoms with Gasteiger partial charge in [0.05, 0.1) is 11.7 Å². The molecule has 1 amide bonds. The number of hydrogen-bond donors (Lipinski definition) is 0. The number of amides is 1. The first kappa shape index (κ1) is 17.4.